The minimum atomic E-state index is -0.175. The summed E-state index contributed by atoms with van der Waals surface area (Å²) in [5.74, 6) is -0.489. The molecule has 0 saturated carbocycles. The van der Waals surface area contributed by atoms with Crippen LogP contribution in [0.25, 0.3) is 0 Å². The molecule has 0 bridgehead atoms. The monoisotopic (exact) mass is 299 g/mol. The summed E-state index contributed by atoms with van der Waals surface area (Å²) in [4.78, 5) is 22.7. The van der Waals surface area contributed by atoms with E-state index in [-0.39, 0.29) is 17.7 Å². The summed E-state index contributed by atoms with van der Waals surface area (Å²) in [6.45, 7) is 1.91. The van der Waals surface area contributed by atoms with Crippen molar-refractivity contribution in [1.82, 2.24) is 15.1 Å². The van der Waals surface area contributed by atoms with Gasteiger partial charge in [-0.15, -0.1) is 0 Å². The topological polar surface area (TPSA) is 64.0 Å². The van der Waals surface area contributed by atoms with E-state index in [1.165, 1.54) is 0 Å². The third-order valence-electron chi connectivity index (χ3n) is 3.05. The summed E-state index contributed by atoms with van der Waals surface area (Å²) >= 11 is 3.48. The number of aryl methyl sites for hydroxylation is 2. The molecule has 5 nitrogen and oxygen atoms in total. The Kier molecular flexibility index (Phi) is 3.33. The molecule has 2 rings (SSSR count). The van der Waals surface area contributed by atoms with Crippen molar-refractivity contribution in [2.75, 3.05) is 0 Å². The van der Waals surface area contributed by atoms with E-state index in [4.69, 9.17) is 0 Å². The molecule has 1 atom stereocenters. The quantitative estimate of drug-likeness (QED) is 0.832. The number of nitrogens with zero attached hydrogens (tertiary/aromatic N) is 2. The first-order valence-corrected chi connectivity index (χ1v) is 6.30. The van der Waals surface area contributed by atoms with Gasteiger partial charge < -0.3 is 0 Å². The van der Waals surface area contributed by atoms with E-state index in [2.05, 4.69) is 26.3 Å². The molecule has 1 aliphatic heterocycles. The number of halogens is 1. The molecule has 2 amide bonds. The largest absolute Gasteiger partial charge is 0.296 e. The lowest BCUT2D eigenvalue weighted by molar-refractivity contribution is -0.136. The predicted octanol–water partition coefficient (Wildman–Crippen LogP) is 1.09. The summed E-state index contributed by atoms with van der Waals surface area (Å²) in [5, 5.41) is 6.66. The van der Waals surface area contributed by atoms with Crippen molar-refractivity contribution in [3.05, 3.63) is 15.9 Å². The number of carbonyl (C=O) groups is 2. The van der Waals surface area contributed by atoms with Gasteiger partial charge in [-0.25, -0.2) is 0 Å². The maximum atomic E-state index is 11.7. The molecule has 6 heteroatoms. The van der Waals surface area contributed by atoms with Gasteiger partial charge in [0.25, 0.3) is 0 Å². The molecule has 17 heavy (non-hydrogen) atoms. The second-order valence-electron chi connectivity index (χ2n) is 4.32. The van der Waals surface area contributed by atoms with Gasteiger partial charge >= 0.3 is 0 Å². The van der Waals surface area contributed by atoms with Crippen molar-refractivity contribution in [3.8, 4) is 0 Å². The molecule has 1 unspecified atom stereocenters. The van der Waals surface area contributed by atoms with E-state index in [9.17, 15) is 9.59 Å². The molecule has 0 aromatic carbocycles. The molecular weight excluding hydrogens is 286 g/mol. The zero-order chi connectivity index (χ0) is 12.6. The number of nitrogens with one attached hydrogen (secondary N) is 1. The maximum Gasteiger partial charge on any atom is 0.230 e. The van der Waals surface area contributed by atoms with Crippen LogP contribution in [0, 0.1) is 12.8 Å². The van der Waals surface area contributed by atoms with Crippen molar-refractivity contribution in [1.29, 1.82) is 0 Å². The van der Waals surface area contributed by atoms with E-state index >= 15 is 0 Å². The molecule has 92 valence electrons. The fraction of sp³-hybridized carbons (Fsp3) is 0.545. The van der Waals surface area contributed by atoms with Gasteiger partial charge in [0.15, 0.2) is 0 Å². The number of rotatable bonds is 2. The Morgan fingerprint density at radius 3 is 2.76 bits per heavy atom. The van der Waals surface area contributed by atoms with Crippen molar-refractivity contribution < 1.29 is 9.59 Å². The minimum Gasteiger partial charge on any atom is -0.296 e. The van der Waals surface area contributed by atoms with E-state index in [0.717, 1.165) is 15.9 Å². The highest BCUT2D eigenvalue weighted by Crippen LogP contribution is 2.25. The van der Waals surface area contributed by atoms with Gasteiger partial charge in [-0.3, -0.25) is 19.6 Å². The number of carbonyl (C=O) groups excluding carboxylic acids is 2. The lowest BCUT2D eigenvalue weighted by atomic mass is 9.93. The standard InChI is InChI=1S/C11H14BrN3O2/c1-6-10(12)8(15(2)14-6)5-7-3-4-9(16)13-11(7)17/h7H,3-5H2,1-2H3,(H,13,16,17). The van der Waals surface area contributed by atoms with E-state index in [1.807, 2.05) is 14.0 Å². The number of hydrogen-bond donors (Lipinski definition) is 1. The smallest absolute Gasteiger partial charge is 0.230 e. The van der Waals surface area contributed by atoms with Crippen LogP contribution in [-0.4, -0.2) is 21.6 Å². The Morgan fingerprint density at radius 2 is 2.24 bits per heavy atom. The number of aromatic nitrogens is 2. The fourth-order valence-electron chi connectivity index (χ4n) is 2.07. The van der Waals surface area contributed by atoms with Gasteiger partial charge in [0.1, 0.15) is 0 Å². The third kappa shape index (κ3) is 2.41. The molecule has 2 heterocycles. The Labute approximate surface area is 108 Å². The van der Waals surface area contributed by atoms with Gasteiger partial charge in [0.05, 0.1) is 15.9 Å². The minimum absolute atomic E-state index is 0.140. The molecule has 1 N–H and O–H groups in total. The molecule has 1 aliphatic rings. The van der Waals surface area contributed by atoms with Crippen LogP contribution in [-0.2, 0) is 23.1 Å². The van der Waals surface area contributed by atoms with Crippen LogP contribution >= 0.6 is 15.9 Å². The summed E-state index contributed by atoms with van der Waals surface area (Å²) in [7, 11) is 1.86. The first-order valence-electron chi connectivity index (χ1n) is 5.50. The number of imide groups is 1. The van der Waals surface area contributed by atoms with Crippen LogP contribution in [0.5, 0.6) is 0 Å². The molecule has 1 fully saturated rings. The molecule has 0 radical (unpaired) electrons. The Balaban J connectivity index is 2.16. The highest BCUT2D eigenvalue weighted by atomic mass is 79.9. The van der Waals surface area contributed by atoms with Crippen LogP contribution in [0.15, 0.2) is 4.47 Å². The van der Waals surface area contributed by atoms with Gasteiger partial charge in [-0.2, -0.15) is 5.10 Å². The van der Waals surface area contributed by atoms with Crippen LogP contribution in [0.1, 0.15) is 24.2 Å². The fourth-order valence-corrected chi connectivity index (χ4v) is 2.57. The lowest BCUT2D eigenvalue weighted by Crippen LogP contribution is -2.41. The number of piperidine rings is 1. The summed E-state index contributed by atoms with van der Waals surface area (Å²) < 4.78 is 2.73. The maximum absolute atomic E-state index is 11.7. The van der Waals surface area contributed by atoms with Gasteiger partial charge in [0.2, 0.25) is 11.8 Å². The zero-order valence-electron chi connectivity index (χ0n) is 9.79. The number of amides is 2. The first-order chi connectivity index (χ1) is 7.99. The van der Waals surface area contributed by atoms with Gasteiger partial charge in [0, 0.05) is 25.8 Å². The Hall–Kier alpha value is -1.17. The van der Waals surface area contributed by atoms with Crippen molar-refractivity contribution >= 4 is 27.7 Å². The van der Waals surface area contributed by atoms with E-state index in [0.29, 0.717) is 19.3 Å². The molecule has 1 aromatic rings. The highest BCUT2D eigenvalue weighted by Gasteiger charge is 2.28. The average Bonchev–Trinajstić information content (AvgIpc) is 2.48. The van der Waals surface area contributed by atoms with Crippen LogP contribution < -0.4 is 5.32 Å². The van der Waals surface area contributed by atoms with Gasteiger partial charge in [-0.05, 0) is 29.3 Å². The SMILES string of the molecule is Cc1nn(C)c(CC2CCC(=O)NC2=O)c1Br. The zero-order valence-corrected chi connectivity index (χ0v) is 11.4. The molecular formula is C11H14BrN3O2. The van der Waals surface area contributed by atoms with E-state index in [1.54, 1.807) is 4.68 Å². The predicted molar refractivity (Wildman–Crippen MR) is 65.2 cm³/mol. The van der Waals surface area contributed by atoms with E-state index < -0.39 is 0 Å². The van der Waals surface area contributed by atoms with Crippen LogP contribution in [0.3, 0.4) is 0 Å². The molecule has 1 saturated heterocycles. The molecule has 0 aliphatic carbocycles. The van der Waals surface area contributed by atoms with Crippen molar-refractivity contribution in [2.45, 2.75) is 26.2 Å². The summed E-state index contributed by atoms with van der Waals surface area (Å²) in [6.07, 6.45) is 1.64. The first kappa shape index (κ1) is 12.3. The lowest BCUT2D eigenvalue weighted by Gasteiger charge is -2.20. The van der Waals surface area contributed by atoms with Crippen molar-refractivity contribution in [2.24, 2.45) is 13.0 Å². The average molecular weight is 300 g/mol. The second kappa shape index (κ2) is 4.60. The normalized spacial score (nSPS) is 20.5. The van der Waals surface area contributed by atoms with Gasteiger partial charge in [-0.1, -0.05) is 0 Å². The van der Waals surface area contributed by atoms with Crippen LogP contribution in [0.2, 0.25) is 0 Å². The van der Waals surface area contributed by atoms with Crippen LogP contribution in [0.4, 0.5) is 0 Å². The molecule has 1 aromatic heterocycles. The summed E-state index contributed by atoms with van der Waals surface area (Å²) in [5.41, 5.74) is 1.91. The molecule has 0 spiro atoms. The highest BCUT2D eigenvalue weighted by molar-refractivity contribution is 9.10. The Morgan fingerprint density at radius 1 is 1.53 bits per heavy atom. The summed E-state index contributed by atoms with van der Waals surface area (Å²) in [6, 6.07) is 0. The second-order valence-corrected chi connectivity index (χ2v) is 5.11. The number of hydrogen-bond acceptors (Lipinski definition) is 3. The third-order valence-corrected chi connectivity index (χ3v) is 4.09. The Bertz CT molecular complexity index is 481. The van der Waals surface area contributed by atoms with Crippen molar-refractivity contribution in [3.63, 3.8) is 0 Å².